The van der Waals surface area contributed by atoms with E-state index < -0.39 is 18.5 Å². The van der Waals surface area contributed by atoms with Crippen LogP contribution in [0.15, 0.2) is 12.1 Å². The van der Waals surface area contributed by atoms with Crippen molar-refractivity contribution in [1.82, 2.24) is 4.90 Å². The van der Waals surface area contributed by atoms with Crippen molar-refractivity contribution < 1.29 is 32.2 Å². The number of phenols is 1. The lowest BCUT2D eigenvalue weighted by Crippen LogP contribution is -2.43. The largest absolute Gasteiger partial charge is 0.508 e. The number of likely N-dealkylation sites (tertiary alicyclic amines) is 1. The number of alkyl halides is 5. The van der Waals surface area contributed by atoms with E-state index in [1.54, 1.807) is 0 Å². The van der Waals surface area contributed by atoms with E-state index in [1.165, 1.54) is 11.1 Å². The molecule has 4 aliphatic rings. The number of fused-ring (bicyclic) bond motifs is 5. The molecule has 1 heterocycles. The van der Waals surface area contributed by atoms with E-state index in [0.29, 0.717) is 42.4 Å². The minimum Gasteiger partial charge on any atom is -0.508 e. The highest BCUT2D eigenvalue weighted by molar-refractivity contribution is 5.45. The second-order valence-corrected chi connectivity index (χ2v) is 14.2. The van der Waals surface area contributed by atoms with Gasteiger partial charge in [-0.1, -0.05) is 32.3 Å². The summed E-state index contributed by atoms with van der Waals surface area (Å²) in [6.07, 6.45) is 7.79. The Balaban J connectivity index is 1.04. The van der Waals surface area contributed by atoms with E-state index in [-0.39, 0.29) is 17.9 Å². The molecule has 0 amide bonds. The van der Waals surface area contributed by atoms with Crippen molar-refractivity contribution in [2.45, 2.75) is 146 Å². The molecule has 238 valence electrons. The van der Waals surface area contributed by atoms with Crippen molar-refractivity contribution in [3.8, 4) is 5.75 Å². The Bertz CT molecular complexity index is 1060. The fraction of sp³-hybridized carbons (Fsp3) is 0.824. The summed E-state index contributed by atoms with van der Waals surface area (Å²) >= 11 is 0. The molecule has 2 N–H and O–H groups in total. The van der Waals surface area contributed by atoms with Crippen LogP contribution in [0.3, 0.4) is 0 Å². The van der Waals surface area contributed by atoms with Gasteiger partial charge in [-0.2, -0.15) is 22.0 Å². The minimum atomic E-state index is -5.45. The van der Waals surface area contributed by atoms with Crippen LogP contribution < -0.4 is 0 Å². The predicted molar refractivity (Wildman–Crippen MR) is 155 cm³/mol. The molecule has 1 aliphatic heterocycles. The molecule has 0 spiro atoms. The van der Waals surface area contributed by atoms with E-state index in [2.05, 4.69) is 17.9 Å². The highest BCUT2D eigenvalue weighted by Gasteiger charge is 2.56. The van der Waals surface area contributed by atoms with Gasteiger partial charge in [0.25, 0.3) is 0 Å². The first-order chi connectivity index (χ1) is 19.9. The van der Waals surface area contributed by atoms with Gasteiger partial charge in [-0.15, -0.1) is 0 Å². The molecule has 2 saturated carbocycles. The van der Waals surface area contributed by atoms with E-state index in [1.807, 2.05) is 6.07 Å². The highest BCUT2D eigenvalue weighted by Crippen LogP contribution is 2.61. The standard InChI is InChI=1S/C34H50F5NO2/c1-32-18-16-26-27(29(32)14-15-31(32)42)13-12-23-22-30(41)24(21-28(23)26)9-4-3-7-19-40-20-8-11-25(40)10-5-2-6-17-33(35,36)34(37,38)39/h21-22,25-27,29,31,41-42H,2-20H2,1H3/t25-,26+,27-,29+,31-,32+/m1/s1. The SMILES string of the molecule is C[C@]12CC[C@@H]3c4cc(CCCCCN5CCC[C@H]5CCCCCC(F)(F)C(F)(F)F)c(O)cc4CC[C@H]3[C@@H]1CC[C@H]2O. The number of hydrogen-bond acceptors (Lipinski definition) is 3. The molecule has 8 heteroatoms. The van der Waals surface area contributed by atoms with Gasteiger partial charge in [0.15, 0.2) is 0 Å². The number of aliphatic hydroxyl groups is 1. The third-order valence-electron chi connectivity index (χ3n) is 11.7. The molecular formula is C34H50F5NO2. The summed E-state index contributed by atoms with van der Waals surface area (Å²) in [7, 11) is 0. The van der Waals surface area contributed by atoms with Gasteiger partial charge >= 0.3 is 12.1 Å². The number of aliphatic hydroxyl groups excluding tert-OH is 1. The molecule has 0 radical (unpaired) electrons. The van der Waals surface area contributed by atoms with Crippen LogP contribution in [0.25, 0.3) is 0 Å². The molecule has 0 bridgehead atoms. The maximum Gasteiger partial charge on any atom is 0.453 e. The third-order valence-corrected chi connectivity index (χ3v) is 11.7. The summed E-state index contributed by atoms with van der Waals surface area (Å²) in [5.41, 5.74) is 3.89. The van der Waals surface area contributed by atoms with Gasteiger partial charge in [0.05, 0.1) is 6.10 Å². The molecule has 3 aliphatic carbocycles. The summed E-state index contributed by atoms with van der Waals surface area (Å²) in [6, 6.07) is 4.73. The van der Waals surface area contributed by atoms with Gasteiger partial charge < -0.3 is 15.1 Å². The molecule has 0 aromatic heterocycles. The number of rotatable bonds is 12. The number of halogens is 5. The van der Waals surface area contributed by atoms with Crippen LogP contribution in [-0.2, 0) is 12.8 Å². The maximum atomic E-state index is 13.1. The van der Waals surface area contributed by atoms with Gasteiger partial charge in [0, 0.05) is 12.5 Å². The van der Waals surface area contributed by atoms with Gasteiger partial charge in [-0.05, 0) is 142 Å². The molecule has 3 nitrogen and oxygen atoms in total. The van der Waals surface area contributed by atoms with Crippen LogP contribution in [-0.4, -0.2) is 52.4 Å². The molecule has 42 heavy (non-hydrogen) atoms. The number of aryl methyl sites for hydroxylation is 2. The van der Waals surface area contributed by atoms with Gasteiger partial charge in [-0.3, -0.25) is 0 Å². The molecular weight excluding hydrogens is 549 g/mol. The van der Waals surface area contributed by atoms with Crippen LogP contribution in [0.4, 0.5) is 22.0 Å². The molecule has 0 unspecified atom stereocenters. The first-order valence-corrected chi connectivity index (χ1v) is 16.6. The second kappa shape index (κ2) is 12.9. The van der Waals surface area contributed by atoms with Crippen LogP contribution in [0, 0.1) is 17.3 Å². The molecule has 1 aromatic carbocycles. The van der Waals surface area contributed by atoms with Gasteiger partial charge in [0.1, 0.15) is 5.75 Å². The lowest BCUT2D eigenvalue weighted by atomic mass is 9.55. The van der Waals surface area contributed by atoms with E-state index in [9.17, 15) is 32.2 Å². The minimum absolute atomic E-state index is 0.0706. The van der Waals surface area contributed by atoms with E-state index in [4.69, 9.17) is 0 Å². The highest BCUT2D eigenvalue weighted by atomic mass is 19.4. The first kappa shape index (κ1) is 32.0. The molecule has 5 rings (SSSR count). The monoisotopic (exact) mass is 599 g/mol. The fourth-order valence-corrected chi connectivity index (χ4v) is 9.20. The second-order valence-electron chi connectivity index (χ2n) is 14.2. The Morgan fingerprint density at radius 3 is 2.50 bits per heavy atom. The van der Waals surface area contributed by atoms with Crippen molar-refractivity contribution in [2.75, 3.05) is 13.1 Å². The number of aromatic hydroxyl groups is 1. The normalized spacial score (nSPS) is 31.6. The fourth-order valence-electron chi connectivity index (χ4n) is 9.20. The Hall–Kier alpha value is -1.41. The Kier molecular flexibility index (Phi) is 9.83. The van der Waals surface area contributed by atoms with Crippen LogP contribution in [0.2, 0.25) is 0 Å². The van der Waals surface area contributed by atoms with Crippen molar-refractivity contribution in [3.63, 3.8) is 0 Å². The summed E-state index contributed by atoms with van der Waals surface area (Å²) in [4.78, 5) is 2.47. The zero-order valence-corrected chi connectivity index (χ0v) is 25.2. The zero-order valence-electron chi connectivity index (χ0n) is 25.2. The summed E-state index contributed by atoms with van der Waals surface area (Å²) in [5, 5.41) is 21.5. The van der Waals surface area contributed by atoms with E-state index in [0.717, 1.165) is 102 Å². The van der Waals surface area contributed by atoms with Gasteiger partial charge in [-0.25, -0.2) is 0 Å². The Morgan fingerprint density at radius 2 is 1.71 bits per heavy atom. The smallest absolute Gasteiger partial charge is 0.453 e. The van der Waals surface area contributed by atoms with E-state index >= 15 is 0 Å². The summed E-state index contributed by atoms with van der Waals surface area (Å²) in [6.45, 7) is 4.32. The van der Waals surface area contributed by atoms with Crippen LogP contribution in [0.1, 0.15) is 126 Å². The summed E-state index contributed by atoms with van der Waals surface area (Å²) in [5.74, 6) is -2.37. The number of hydrogen-bond donors (Lipinski definition) is 2. The Labute approximate surface area is 248 Å². The number of unbranched alkanes of at least 4 members (excludes halogenated alkanes) is 4. The molecule has 1 aromatic rings. The van der Waals surface area contributed by atoms with Crippen molar-refractivity contribution in [1.29, 1.82) is 0 Å². The third kappa shape index (κ3) is 6.64. The maximum absolute atomic E-state index is 13.1. The lowest BCUT2D eigenvalue weighted by Gasteiger charge is -2.50. The molecule has 6 atom stereocenters. The van der Waals surface area contributed by atoms with Crippen molar-refractivity contribution in [2.24, 2.45) is 17.3 Å². The lowest BCUT2D eigenvalue weighted by molar-refractivity contribution is -0.284. The summed E-state index contributed by atoms with van der Waals surface area (Å²) < 4.78 is 63.2. The number of benzene rings is 1. The van der Waals surface area contributed by atoms with Crippen molar-refractivity contribution >= 4 is 0 Å². The number of phenolic OH excluding ortho intramolecular Hbond substituents is 1. The number of nitrogens with zero attached hydrogens (tertiary/aromatic N) is 1. The van der Waals surface area contributed by atoms with Crippen LogP contribution in [0.5, 0.6) is 5.75 Å². The molecule has 1 saturated heterocycles. The van der Waals surface area contributed by atoms with Gasteiger partial charge in [0.2, 0.25) is 0 Å². The average Bonchev–Trinajstić information content (AvgIpc) is 3.50. The Morgan fingerprint density at radius 1 is 0.929 bits per heavy atom. The zero-order chi connectivity index (χ0) is 30.1. The quantitative estimate of drug-likeness (QED) is 0.186. The molecule has 3 fully saturated rings. The predicted octanol–water partition coefficient (Wildman–Crippen LogP) is 8.93. The first-order valence-electron chi connectivity index (χ1n) is 16.6. The average molecular weight is 600 g/mol. The van der Waals surface area contributed by atoms with Crippen LogP contribution >= 0.6 is 0 Å². The topological polar surface area (TPSA) is 43.7 Å². The van der Waals surface area contributed by atoms with Crippen molar-refractivity contribution in [3.05, 3.63) is 28.8 Å².